The number of carbonyl (C=O) groups excluding carboxylic acids is 1. The lowest BCUT2D eigenvalue weighted by Gasteiger charge is -2.14. The van der Waals surface area contributed by atoms with Gasteiger partial charge in [0.25, 0.3) is 0 Å². The van der Waals surface area contributed by atoms with Gasteiger partial charge in [0.2, 0.25) is 0 Å². The van der Waals surface area contributed by atoms with Crippen molar-refractivity contribution in [3.63, 3.8) is 0 Å². The normalized spacial score (nSPS) is 19.5. The SMILES string of the molecule is Cc1ccc(C#N)cc1OC1CCC(=O)C1. The summed E-state index contributed by atoms with van der Waals surface area (Å²) in [6.45, 7) is 1.94. The zero-order valence-corrected chi connectivity index (χ0v) is 9.19. The fourth-order valence-electron chi connectivity index (χ4n) is 1.86. The number of Topliss-reactive ketones (excluding diaryl/α,β-unsaturated/α-hetero) is 1. The first-order chi connectivity index (χ1) is 7.69. The molecule has 1 fully saturated rings. The Morgan fingerprint density at radius 3 is 2.94 bits per heavy atom. The predicted octanol–water partition coefficient (Wildman–Crippen LogP) is 2.37. The molecule has 1 aliphatic carbocycles. The Kier molecular flexibility index (Phi) is 2.91. The topological polar surface area (TPSA) is 50.1 Å². The lowest BCUT2D eigenvalue weighted by molar-refractivity contribution is -0.117. The summed E-state index contributed by atoms with van der Waals surface area (Å²) in [5, 5.41) is 8.80. The van der Waals surface area contributed by atoms with Crippen molar-refractivity contribution in [2.45, 2.75) is 32.3 Å². The molecule has 0 saturated heterocycles. The summed E-state index contributed by atoms with van der Waals surface area (Å²) in [5.41, 5.74) is 1.59. The minimum absolute atomic E-state index is 0.0138. The van der Waals surface area contributed by atoms with Crippen molar-refractivity contribution >= 4 is 5.78 Å². The molecular weight excluding hydrogens is 202 g/mol. The molecule has 3 heteroatoms. The fraction of sp³-hybridized carbons (Fsp3) is 0.385. The molecular formula is C13H13NO2. The van der Waals surface area contributed by atoms with Crippen molar-refractivity contribution in [2.24, 2.45) is 0 Å². The van der Waals surface area contributed by atoms with E-state index in [2.05, 4.69) is 6.07 Å². The van der Waals surface area contributed by atoms with Crippen LogP contribution in [0.4, 0.5) is 0 Å². The number of benzene rings is 1. The first-order valence-electron chi connectivity index (χ1n) is 5.38. The van der Waals surface area contributed by atoms with Gasteiger partial charge in [0.05, 0.1) is 11.6 Å². The average molecular weight is 215 g/mol. The van der Waals surface area contributed by atoms with E-state index in [4.69, 9.17) is 10.00 Å². The maximum absolute atomic E-state index is 11.1. The molecule has 1 saturated carbocycles. The van der Waals surface area contributed by atoms with Gasteiger partial charge in [-0.25, -0.2) is 0 Å². The highest BCUT2D eigenvalue weighted by molar-refractivity contribution is 5.81. The van der Waals surface area contributed by atoms with E-state index >= 15 is 0 Å². The van der Waals surface area contributed by atoms with Gasteiger partial charge >= 0.3 is 0 Å². The van der Waals surface area contributed by atoms with Crippen LogP contribution in [0, 0.1) is 18.3 Å². The number of ketones is 1. The van der Waals surface area contributed by atoms with E-state index < -0.39 is 0 Å². The van der Waals surface area contributed by atoms with E-state index in [0.29, 0.717) is 18.4 Å². The number of nitriles is 1. The molecule has 1 unspecified atom stereocenters. The molecule has 0 bridgehead atoms. The molecule has 1 atom stereocenters. The minimum atomic E-state index is -0.0138. The molecule has 82 valence electrons. The molecule has 0 spiro atoms. The van der Waals surface area contributed by atoms with Crippen molar-refractivity contribution in [1.29, 1.82) is 5.26 Å². The van der Waals surface area contributed by atoms with Gasteiger partial charge in [0, 0.05) is 12.8 Å². The molecule has 0 N–H and O–H groups in total. The van der Waals surface area contributed by atoms with E-state index in [0.717, 1.165) is 17.7 Å². The summed E-state index contributed by atoms with van der Waals surface area (Å²) >= 11 is 0. The lowest BCUT2D eigenvalue weighted by atomic mass is 10.1. The van der Waals surface area contributed by atoms with E-state index in [1.165, 1.54) is 0 Å². The summed E-state index contributed by atoms with van der Waals surface area (Å²) in [6.07, 6.45) is 1.88. The van der Waals surface area contributed by atoms with Crippen LogP contribution in [0.3, 0.4) is 0 Å². The van der Waals surface area contributed by atoms with E-state index in [1.807, 2.05) is 13.0 Å². The van der Waals surface area contributed by atoms with Crippen LogP contribution >= 0.6 is 0 Å². The first-order valence-corrected chi connectivity index (χ1v) is 5.38. The second-order valence-corrected chi connectivity index (χ2v) is 4.11. The molecule has 16 heavy (non-hydrogen) atoms. The van der Waals surface area contributed by atoms with Crippen molar-refractivity contribution in [1.82, 2.24) is 0 Å². The molecule has 0 aliphatic heterocycles. The van der Waals surface area contributed by atoms with Crippen LogP contribution < -0.4 is 4.74 Å². The van der Waals surface area contributed by atoms with Crippen molar-refractivity contribution in [2.75, 3.05) is 0 Å². The van der Waals surface area contributed by atoms with Gasteiger partial charge in [0.1, 0.15) is 17.6 Å². The predicted molar refractivity (Wildman–Crippen MR) is 59.2 cm³/mol. The number of aryl methyl sites for hydroxylation is 1. The van der Waals surface area contributed by atoms with Crippen LogP contribution in [-0.2, 0) is 4.79 Å². The van der Waals surface area contributed by atoms with E-state index in [1.54, 1.807) is 12.1 Å². The molecule has 3 nitrogen and oxygen atoms in total. The number of hydrogen-bond acceptors (Lipinski definition) is 3. The van der Waals surface area contributed by atoms with Crippen LogP contribution in [0.2, 0.25) is 0 Å². The highest BCUT2D eigenvalue weighted by atomic mass is 16.5. The summed E-state index contributed by atoms with van der Waals surface area (Å²) < 4.78 is 5.75. The zero-order valence-electron chi connectivity index (χ0n) is 9.19. The maximum atomic E-state index is 11.1. The minimum Gasteiger partial charge on any atom is -0.490 e. The van der Waals surface area contributed by atoms with E-state index in [-0.39, 0.29) is 11.9 Å². The largest absolute Gasteiger partial charge is 0.490 e. The second kappa shape index (κ2) is 4.36. The molecule has 0 heterocycles. The van der Waals surface area contributed by atoms with Gasteiger partial charge in [-0.05, 0) is 31.0 Å². The van der Waals surface area contributed by atoms with Crippen molar-refractivity contribution in [3.05, 3.63) is 29.3 Å². The molecule has 1 aromatic rings. The number of rotatable bonds is 2. The second-order valence-electron chi connectivity index (χ2n) is 4.11. The standard InChI is InChI=1S/C13H13NO2/c1-9-2-3-10(8-14)6-13(9)16-12-5-4-11(15)7-12/h2-3,6,12H,4-5,7H2,1H3. The van der Waals surface area contributed by atoms with Gasteiger partial charge in [-0.15, -0.1) is 0 Å². The summed E-state index contributed by atoms with van der Waals surface area (Å²) in [7, 11) is 0. The van der Waals surface area contributed by atoms with Crippen LogP contribution in [0.25, 0.3) is 0 Å². The van der Waals surface area contributed by atoms with Gasteiger partial charge in [-0.3, -0.25) is 4.79 Å². The summed E-state index contributed by atoms with van der Waals surface area (Å²) in [4.78, 5) is 11.1. The monoisotopic (exact) mass is 215 g/mol. The number of nitrogens with zero attached hydrogens (tertiary/aromatic N) is 1. The van der Waals surface area contributed by atoms with Gasteiger partial charge < -0.3 is 4.74 Å². The quantitative estimate of drug-likeness (QED) is 0.761. The number of carbonyl (C=O) groups is 1. The number of ether oxygens (including phenoxy) is 1. The van der Waals surface area contributed by atoms with E-state index in [9.17, 15) is 4.79 Å². The van der Waals surface area contributed by atoms with Crippen LogP contribution in [0.1, 0.15) is 30.4 Å². The zero-order chi connectivity index (χ0) is 11.5. The summed E-state index contributed by atoms with van der Waals surface area (Å²) in [6, 6.07) is 7.45. The van der Waals surface area contributed by atoms with Gasteiger partial charge in [-0.1, -0.05) is 6.07 Å². The third-order valence-corrected chi connectivity index (χ3v) is 2.81. The summed E-state index contributed by atoms with van der Waals surface area (Å²) in [5.74, 6) is 0.984. The van der Waals surface area contributed by atoms with Crippen molar-refractivity contribution in [3.8, 4) is 11.8 Å². The Morgan fingerprint density at radius 1 is 1.50 bits per heavy atom. The number of hydrogen-bond donors (Lipinski definition) is 0. The smallest absolute Gasteiger partial charge is 0.136 e. The fourth-order valence-corrected chi connectivity index (χ4v) is 1.86. The molecule has 0 amide bonds. The van der Waals surface area contributed by atoms with Crippen LogP contribution in [-0.4, -0.2) is 11.9 Å². The van der Waals surface area contributed by atoms with Gasteiger partial charge in [0.15, 0.2) is 0 Å². The third kappa shape index (κ3) is 2.22. The molecule has 1 aliphatic rings. The van der Waals surface area contributed by atoms with Gasteiger partial charge in [-0.2, -0.15) is 5.26 Å². The molecule has 1 aromatic carbocycles. The Hall–Kier alpha value is -1.82. The highest BCUT2D eigenvalue weighted by Gasteiger charge is 2.24. The Balaban J connectivity index is 2.14. The Bertz CT molecular complexity index is 459. The molecule has 0 radical (unpaired) electrons. The Labute approximate surface area is 94.6 Å². The van der Waals surface area contributed by atoms with Crippen LogP contribution in [0.5, 0.6) is 5.75 Å². The Morgan fingerprint density at radius 2 is 2.31 bits per heavy atom. The van der Waals surface area contributed by atoms with Crippen LogP contribution in [0.15, 0.2) is 18.2 Å². The maximum Gasteiger partial charge on any atom is 0.136 e. The molecule has 2 rings (SSSR count). The third-order valence-electron chi connectivity index (χ3n) is 2.81. The van der Waals surface area contributed by atoms with Crippen molar-refractivity contribution < 1.29 is 9.53 Å². The first kappa shape index (κ1) is 10.7. The lowest BCUT2D eigenvalue weighted by Crippen LogP contribution is -2.12. The average Bonchev–Trinajstić information content (AvgIpc) is 2.67. The molecule has 0 aromatic heterocycles. The highest BCUT2D eigenvalue weighted by Crippen LogP contribution is 2.25.